The second-order valence-corrected chi connectivity index (χ2v) is 7.18. The van der Waals surface area contributed by atoms with E-state index in [4.69, 9.17) is 5.73 Å². The van der Waals surface area contributed by atoms with Gasteiger partial charge in [-0.05, 0) is 48.8 Å². The van der Waals surface area contributed by atoms with Crippen molar-refractivity contribution in [3.8, 4) is 11.1 Å². The first-order valence-corrected chi connectivity index (χ1v) is 8.97. The molecule has 0 bridgehead atoms. The summed E-state index contributed by atoms with van der Waals surface area (Å²) >= 11 is 0. The highest BCUT2D eigenvalue weighted by Gasteiger charge is 2.40. The fourth-order valence-electron chi connectivity index (χ4n) is 4.01. The topological polar surface area (TPSA) is 38.0 Å². The molecule has 23 heavy (non-hydrogen) atoms. The summed E-state index contributed by atoms with van der Waals surface area (Å²) < 4.78 is 0. The summed E-state index contributed by atoms with van der Waals surface area (Å²) in [7, 11) is 0. The lowest BCUT2D eigenvalue weighted by Crippen LogP contribution is -2.38. The molecule has 0 aliphatic heterocycles. The normalized spacial score (nSPS) is 30.1. The Bertz CT molecular complexity index is 644. The summed E-state index contributed by atoms with van der Waals surface area (Å²) in [5.41, 5.74) is 10.2. The van der Waals surface area contributed by atoms with Gasteiger partial charge in [0.25, 0.3) is 0 Å². The van der Waals surface area contributed by atoms with Crippen LogP contribution in [0.25, 0.3) is 11.1 Å². The van der Waals surface area contributed by atoms with Crippen LogP contribution in [0.15, 0.2) is 54.6 Å². The van der Waals surface area contributed by atoms with Crippen molar-refractivity contribution in [3.63, 3.8) is 0 Å². The van der Waals surface area contributed by atoms with Gasteiger partial charge in [0, 0.05) is 24.0 Å². The van der Waals surface area contributed by atoms with Gasteiger partial charge in [-0.3, -0.25) is 0 Å². The fraction of sp³-hybridized carbons (Fsp3) is 0.429. The van der Waals surface area contributed by atoms with E-state index >= 15 is 0 Å². The average molecular weight is 306 g/mol. The van der Waals surface area contributed by atoms with E-state index in [1.807, 2.05) is 0 Å². The molecule has 2 aromatic carbocycles. The highest BCUT2D eigenvalue weighted by atomic mass is 15.0. The Morgan fingerprint density at radius 3 is 2.30 bits per heavy atom. The molecule has 0 radical (unpaired) electrons. The van der Waals surface area contributed by atoms with Gasteiger partial charge in [0.2, 0.25) is 0 Å². The van der Waals surface area contributed by atoms with Crippen LogP contribution in [-0.4, -0.2) is 18.1 Å². The van der Waals surface area contributed by atoms with Crippen molar-refractivity contribution in [1.82, 2.24) is 5.32 Å². The molecule has 2 fully saturated rings. The first-order chi connectivity index (χ1) is 11.3. The van der Waals surface area contributed by atoms with Crippen LogP contribution in [0.2, 0.25) is 0 Å². The minimum atomic E-state index is 0.432. The third-order valence-corrected chi connectivity index (χ3v) is 5.46. The largest absolute Gasteiger partial charge is 0.328 e. The molecule has 0 heterocycles. The van der Waals surface area contributed by atoms with Gasteiger partial charge in [-0.2, -0.15) is 0 Å². The lowest BCUT2D eigenvalue weighted by molar-refractivity contribution is 0.339. The third kappa shape index (κ3) is 3.34. The summed E-state index contributed by atoms with van der Waals surface area (Å²) in [6, 6.07) is 21.4. The van der Waals surface area contributed by atoms with E-state index < -0.39 is 0 Å². The van der Waals surface area contributed by atoms with Crippen LogP contribution >= 0.6 is 0 Å². The number of rotatable bonds is 4. The van der Waals surface area contributed by atoms with Gasteiger partial charge in [-0.15, -0.1) is 0 Å². The van der Waals surface area contributed by atoms with Gasteiger partial charge in [0.1, 0.15) is 0 Å². The highest BCUT2D eigenvalue weighted by Crippen LogP contribution is 2.45. The fourth-order valence-corrected chi connectivity index (χ4v) is 4.01. The van der Waals surface area contributed by atoms with Crippen molar-refractivity contribution < 1.29 is 0 Å². The van der Waals surface area contributed by atoms with E-state index in [-0.39, 0.29) is 0 Å². The van der Waals surface area contributed by atoms with Crippen LogP contribution in [0.3, 0.4) is 0 Å². The van der Waals surface area contributed by atoms with E-state index in [2.05, 4.69) is 59.9 Å². The maximum Gasteiger partial charge on any atom is 0.0146 e. The Labute approximate surface area is 139 Å². The van der Waals surface area contributed by atoms with Gasteiger partial charge in [0.15, 0.2) is 0 Å². The van der Waals surface area contributed by atoms with E-state index in [1.165, 1.54) is 48.8 Å². The molecule has 0 saturated heterocycles. The third-order valence-electron chi connectivity index (χ3n) is 5.46. The molecule has 2 aromatic rings. The van der Waals surface area contributed by atoms with E-state index in [9.17, 15) is 0 Å². The molecule has 2 nitrogen and oxygen atoms in total. The lowest BCUT2D eigenvalue weighted by atomic mass is 9.91. The molecule has 2 heteroatoms. The number of nitrogens with two attached hydrogens (primary N) is 1. The molecular formula is C21H26N2. The predicted molar refractivity (Wildman–Crippen MR) is 96.4 cm³/mol. The average Bonchev–Trinajstić information content (AvgIpc) is 3.37. The Morgan fingerprint density at radius 2 is 1.52 bits per heavy atom. The number of hydrogen-bond donors (Lipinski definition) is 2. The van der Waals surface area contributed by atoms with Crippen LogP contribution in [-0.2, 0) is 0 Å². The quantitative estimate of drug-likeness (QED) is 0.893. The number of benzene rings is 2. The van der Waals surface area contributed by atoms with Crippen molar-refractivity contribution in [1.29, 1.82) is 0 Å². The first kappa shape index (κ1) is 14.9. The standard InChI is InChI=1S/C21H26N2/c22-16-10-12-17(13-11-16)23-21-14-20(21)19-9-5-4-8-18(19)15-6-2-1-3-7-15/h1-9,16-17,20-21,23H,10-14,22H2. The van der Waals surface area contributed by atoms with E-state index in [1.54, 1.807) is 0 Å². The molecule has 3 N–H and O–H groups in total. The summed E-state index contributed by atoms with van der Waals surface area (Å²) in [4.78, 5) is 0. The molecule has 0 amide bonds. The van der Waals surface area contributed by atoms with Gasteiger partial charge >= 0.3 is 0 Å². The maximum absolute atomic E-state index is 6.02. The molecule has 4 rings (SSSR count). The maximum atomic E-state index is 6.02. The summed E-state index contributed by atoms with van der Waals surface area (Å²) in [5.74, 6) is 0.669. The second kappa shape index (κ2) is 6.46. The van der Waals surface area contributed by atoms with Gasteiger partial charge in [0.05, 0.1) is 0 Å². The molecule has 2 atom stereocenters. The molecular weight excluding hydrogens is 280 g/mol. The number of nitrogens with one attached hydrogen (secondary N) is 1. The van der Waals surface area contributed by atoms with Crippen LogP contribution in [0, 0.1) is 0 Å². The van der Waals surface area contributed by atoms with Gasteiger partial charge < -0.3 is 11.1 Å². The molecule has 0 aromatic heterocycles. The minimum absolute atomic E-state index is 0.432. The number of hydrogen-bond acceptors (Lipinski definition) is 2. The molecule has 2 unspecified atom stereocenters. The molecule has 120 valence electrons. The van der Waals surface area contributed by atoms with Crippen molar-refractivity contribution in [2.45, 2.75) is 56.1 Å². The van der Waals surface area contributed by atoms with Gasteiger partial charge in [-0.25, -0.2) is 0 Å². The zero-order valence-electron chi connectivity index (χ0n) is 13.6. The zero-order chi connectivity index (χ0) is 15.6. The smallest absolute Gasteiger partial charge is 0.0146 e. The molecule has 2 saturated carbocycles. The predicted octanol–water partition coefficient (Wildman–Crippen LogP) is 4.07. The summed E-state index contributed by atoms with van der Waals surface area (Å²) in [6.07, 6.45) is 6.10. The summed E-state index contributed by atoms with van der Waals surface area (Å²) in [5, 5.41) is 3.89. The van der Waals surface area contributed by atoms with Crippen molar-refractivity contribution in [3.05, 3.63) is 60.2 Å². The lowest BCUT2D eigenvalue weighted by Gasteiger charge is -2.27. The van der Waals surface area contributed by atoms with Crippen molar-refractivity contribution in [2.24, 2.45) is 5.73 Å². The van der Waals surface area contributed by atoms with E-state index in [0.29, 0.717) is 24.0 Å². The highest BCUT2D eigenvalue weighted by molar-refractivity contribution is 5.68. The van der Waals surface area contributed by atoms with Gasteiger partial charge in [-0.1, -0.05) is 54.6 Å². The van der Waals surface area contributed by atoms with Crippen molar-refractivity contribution in [2.75, 3.05) is 0 Å². The van der Waals surface area contributed by atoms with E-state index in [0.717, 1.165) is 0 Å². The van der Waals surface area contributed by atoms with Crippen molar-refractivity contribution >= 4 is 0 Å². The first-order valence-electron chi connectivity index (χ1n) is 8.97. The summed E-state index contributed by atoms with van der Waals surface area (Å²) in [6.45, 7) is 0. The Morgan fingerprint density at radius 1 is 0.826 bits per heavy atom. The Kier molecular flexibility index (Phi) is 4.19. The molecule has 0 spiro atoms. The monoisotopic (exact) mass is 306 g/mol. The Balaban J connectivity index is 1.46. The zero-order valence-corrected chi connectivity index (χ0v) is 13.6. The van der Waals surface area contributed by atoms with Crippen LogP contribution < -0.4 is 11.1 Å². The SMILES string of the molecule is NC1CCC(NC2CC2c2ccccc2-c2ccccc2)CC1. The van der Waals surface area contributed by atoms with Crippen LogP contribution in [0.4, 0.5) is 0 Å². The second-order valence-electron chi connectivity index (χ2n) is 7.18. The molecule has 2 aliphatic carbocycles. The van der Waals surface area contributed by atoms with Crippen LogP contribution in [0.5, 0.6) is 0 Å². The minimum Gasteiger partial charge on any atom is -0.328 e. The Hall–Kier alpha value is -1.64. The molecule has 2 aliphatic rings. The van der Waals surface area contributed by atoms with Crippen LogP contribution in [0.1, 0.15) is 43.6 Å².